The lowest BCUT2D eigenvalue weighted by Gasteiger charge is -2.07. The van der Waals surface area contributed by atoms with Crippen LogP contribution < -0.4 is 0 Å². The van der Waals surface area contributed by atoms with E-state index in [1.165, 1.54) is 12.1 Å². The average molecular weight is 293 g/mol. The second-order valence-corrected chi connectivity index (χ2v) is 4.47. The quantitative estimate of drug-likeness (QED) is 0.617. The van der Waals surface area contributed by atoms with Crippen LogP contribution in [0.25, 0.3) is 11.1 Å². The van der Waals surface area contributed by atoms with Crippen LogP contribution in [0.2, 0.25) is 15.1 Å². The molecule has 17 heavy (non-hydrogen) atoms. The second-order valence-electron chi connectivity index (χ2n) is 3.28. The molecule has 1 aromatic carbocycles. The van der Waals surface area contributed by atoms with E-state index < -0.39 is 5.95 Å². The molecule has 0 fully saturated rings. The molecule has 0 aliphatic carbocycles. The Kier molecular flexibility index (Phi) is 3.43. The summed E-state index contributed by atoms with van der Waals surface area (Å²) in [5, 5.41) is 10.3. The van der Waals surface area contributed by atoms with Crippen LogP contribution in [0.5, 0.6) is 5.75 Å². The summed E-state index contributed by atoms with van der Waals surface area (Å²) >= 11 is 17.5. The molecule has 0 unspecified atom stereocenters. The van der Waals surface area contributed by atoms with Crippen molar-refractivity contribution >= 4 is 34.8 Å². The Bertz CT molecular complexity index is 566. The fourth-order valence-electron chi connectivity index (χ4n) is 1.36. The predicted molar refractivity (Wildman–Crippen MR) is 66.3 cm³/mol. The van der Waals surface area contributed by atoms with Gasteiger partial charge in [-0.2, -0.15) is 4.39 Å². The van der Waals surface area contributed by atoms with E-state index >= 15 is 0 Å². The molecule has 0 spiro atoms. The molecule has 2 aromatic rings. The van der Waals surface area contributed by atoms with E-state index in [2.05, 4.69) is 4.98 Å². The Morgan fingerprint density at radius 1 is 1.06 bits per heavy atom. The van der Waals surface area contributed by atoms with Gasteiger partial charge in [-0.1, -0.05) is 34.8 Å². The number of halogens is 4. The highest BCUT2D eigenvalue weighted by molar-refractivity contribution is 6.48. The largest absolute Gasteiger partial charge is 0.506 e. The summed E-state index contributed by atoms with van der Waals surface area (Å²) in [7, 11) is 0. The summed E-state index contributed by atoms with van der Waals surface area (Å²) in [4.78, 5) is 3.32. The Balaban J connectivity index is 2.64. The first-order chi connectivity index (χ1) is 7.99. The first kappa shape index (κ1) is 12.4. The molecule has 2 rings (SSSR count). The Labute approximate surface area is 112 Å². The number of hydrogen-bond acceptors (Lipinski definition) is 2. The van der Waals surface area contributed by atoms with Gasteiger partial charge in [0.1, 0.15) is 5.75 Å². The van der Waals surface area contributed by atoms with Gasteiger partial charge in [-0.3, -0.25) is 0 Å². The van der Waals surface area contributed by atoms with Crippen LogP contribution >= 0.6 is 34.8 Å². The second kappa shape index (κ2) is 4.69. The first-order valence-corrected chi connectivity index (χ1v) is 5.62. The van der Waals surface area contributed by atoms with Gasteiger partial charge >= 0.3 is 0 Å². The number of hydrogen-bond donors (Lipinski definition) is 1. The monoisotopic (exact) mass is 291 g/mol. The summed E-state index contributed by atoms with van der Waals surface area (Å²) < 4.78 is 13.0. The molecule has 0 amide bonds. The molecule has 0 radical (unpaired) electrons. The highest BCUT2D eigenvalue weighted by Crippen LogP contribution is 2.37. The third-order valence-corrected chi connectivity index (χ3v) is 3.34. The molecule has 6 heteroatoms. The minimum Gasteiger partial charge on any atom is -0.506 e. The van der Waals surface area contributed by atoms with Crippen LogP contribution in [-0.2, 0) is 0 Å². The zero-order valence-corrected chi connectivity index (χ0v) is 10.5. The molecule has 1 aromatic heterocycles. The molecule has 2 nitrogen and oxygen atoms in total. The van der Waals surface area contributed by atoms with Crippen molar-refractivity contribution in [2.45, 2.75) is 0 Å². The van der Waals surface area contributed by atoms with Gasteiger partial charge < -0.3 is 5.11 Å². The van der Waals surface area contributed by atoms with Crippen LogP contribution in [0.4, 0.5) is 4.39 Å². The zero-order chi connectivity index (χ0) is 12.6. The summed E-state index contributed by atoms with van der Waals surface area (Å²) in [6.07, 6.45) is 1.01. The van der Waals surface area contributed by atoms with Crippen molar-refractivity contribution in [1.29, 1.82) is 0 Å². The fourth-order valence-corrected chi connectivity index (χ4v) is 1.96. The van der Waals surface area contributed by atoms with Crippen molar-refractivity contribution in [3.05, 3.63) is 45.4 Å². The van der Waals surface area contributed by atoms with E-state index in [9.17, 15) is 9.50 Å². The lowest BCUT2D eigenvalue weighted by molar-refractivity contribution is 0.469. The standard InChI is InChI=1S/C11H5Cl3FNO/c12-7-1-5(2-8(13)11(7)14)6-3-10(15)16-4-9(6)17/h1-4,17H. The van der Waals surface area contributed by atoms with Gasteiger partial charge in [0.2, 0.25) is 5.95 Å². The van der Waals surface area contributed by atoms with Crippen molar-refractivity contribution in [3.8, 4) is 16.9 Å². The van der Waals surface area contributed by atoms with Crippen LogP contribution in [0.15, 0.2) is 24.4 Å². The smallest absolute Gasteiger partial charge is 0.213 e. The third-order valence-electron chi connectivity index (χ3n) is 2.14. The molecule has 0 aliphatic heterocycles. The van der Waals surface area contributed by atoms with E-state index in [1.807, 2.05) is 0 Å². The van der Waals surface area contributed by atoms with Gasteiger partial charge in [0.15, 0.2) is 0 Å². The number of aromatic hydroxyl groups is 1. The summed E-state index contributed by atoms with van der Waals surface area (Å²) in [6, 6.07) is 4.07. The van der Waals surface area contributed by atoms with Crippen molar-refractivity contribution in [2.24, 2.45) is 0 Å². The van der Waals surface area contributed by atoms with Crippen molar-refractivity contribution in [1.82, 2.24) is 4.98 Å². The minimum atomic E-state index is -0.708. The Morgan fingerprint density at radius 2 is 1.65 bits per heavy atom. The fraction of sp³-hybridized carbons (Fsp3) is 0. The van der Waals surface area contributed by atoms with E-state index in [-0.39, 0.29) is 26.4 Å². The third kappa shape index (κ3) is 2.46. The molecule has 0 saturated carbocycles. The number of benzene rings is 1. The molecule has 1 N–H and O–H groups in total. The van der Waals surface area contributed by atoms with E-state index in [1.54, 1.807) is 0 Å². The maximum absolute atomic E-state index is 13.0. The van der Waals surface area contributed by atoms with E-state index in [0.29, 0.717) is 5.56 Å². The Morgan fingerprint density at radius 3 is 2.24 bits per heavy atom. The van der Waals surface area contributed by atoms with E-state index in [0.717, 1.165) is 12.3 Å². The number of aromatic nitrogens is 1. The maximum atomic E-state index is 13.0. The average Bonchev–Trinajstić information content (AvgIpc) is 2.28. The lowest BCUT2D eigenvalue weighted by Crippen LogP contribution is -1.86. The maximum Gasteiger partial charge on any atom is 0.213 e. The number of pyridine rings is 1. The van der Waals surface area contributed by atoms with Crippen molar-refractivity contribution < 1.29 is 9.50 Å². The molecular formula is C11H5Cl3FNO. The SMILES string of the molecule is Oc1cnc(F)cc1-c1cc(Cl)c(Cl)c(Cl)c1. The summed E-state index contributed by atoms with van der Waals surface area (Å²) in [6.45, 7) is 0. The summed E-state index contributed by atoms with van der Waals surface area (Å²) in [5.74, 6) is -0.874. The normalized spacial score (nSPS) is 10.6. The molecular weight excluding hydrogens is 287 g/mol. The van der Waals surface area contributed by atoms with Gasteiger partial charge in [-0.05, 0) is 17.7 Å². The van der Waals surface area contributed by atoms with Gasteiger partial charge in [-0.25, -0.2) is 4.98 Å². The first-order valence-electron chi connectivity index (χ1n) is 4.48. The number of nitrogens with zero attached hydrogens (tertiary/aromatic N) is 1. The zero-order valence-electron chi connectivity index (χ0n) is 8.22. The molecule has 0 bridgehead atoms. The molecule has 0 saturated heterocycles. The van der Waals surface area contributed by atoms with Crippen LogP contribution in [0.3, 0.4) is 0 Å². The van der Waals surface area contributed by atoms with Gasteiger partial charge in [0.25, 0.3) is 0 Å². The summed E-state index contributed by atoms with van der Waals surface area (Å²) in [5.41, 5.74) is 0.709. The van der Waals surface area contributed by atoms with Crippen molar-refractivity contribution in [2.75, 3.05) is 0 Å². The molecule has 1 heterocycles. The lowest BCUT2D eigenvalue weighted by atomic mass is 10.1. The van der Waals surface area contributed by atoms with Crippen LogP contribution in [-0.4, -0.2) is 10.1 Å². The van der Waals surface area contributed by atoms with Crippen LogP contribution in [0.1, 0.15) is 0 Å². The molecule has 0 aliphatic rings. The Hall–Kier alpha value is -1.03. The van der Waals surface area contributed by atoms with Crippen LogP contribution in [0, 0.1) is 5.95 Å². The van der Waals surface area contributed by atoms with Gasteiger partial charge in [0.05, 0.1) is 21.3 Å². The highest BCUT2D eigenvalue weighted by Gasteiger charge is 2.11. The predicted octanol–water partition coefficient (Wildman–Crippen LogP) is 4.55. The van der Waals surface area contributed by atoms with Crippen molar-refractivity contribution in [3.63, 3.8) is 0 Å². The number of rotatable bonds is 1. The minimum absolute atomic E-state index is 0.166. The van der Waals surface area contributed by atoms with Gasteiger partial charge in [-0.15, -0.1) is 0 Å². The molecule has 88 valence electrons. The highest BCUT2D eigenvalue weighted by atomic mass is 35.5. The van der Waals surface area contributed by atoms with E-state index in [4.69, 9.17) is 34.8 Å². The van der Waals surface area contributed by atoms with Gasteiger partial charge in [0, 0.05) is 11.6 Å². The topological polar surface area (TPSA) is 33.1 Å². The molecule has 0 atom stereocenters.